The van der Waals surface area contributed by atoms with Gasteiger partial charge >= 0.3 is 0 Å². The summed E-state index contributed by atoms with van der Waals surface area (Å²) >= 11 is 0. The molecule has 1 saturated heterocycles. The van der Waals surface area contributed by atoms with Gasteiger partial charge in [-0.15, -0.1) is 0 Å². The second-order valence-electron chi connectivity index (χ2n) is 7.31. The van der Waals surface area contributed by atoms with Gasteiger partial charge in [0.15, 0.2) is 5.78 Å². The molecule has 1 aromatic heterocycles. The molecule has 2 heterocycles. The van der Waals surface area contributed by atoms with Crippen LogP contribution in [0.15, 0.2) is 24.3 Å². The third kappa shape index (κ3) is 3.87. The minimum atomic E-state index is -0.203. The summed E-state index contributed by atoms with van der Waals surface area (Å²) < 4.78 is 6.91. The number of aromatic nitrogens is 2. The molecule has 3 rings (SSSR count). The number of methoxy groups -OCH3 is 1. The van der Waals surface area contributed by atoms with Gasteiger partial charge in [0.1, 0.15) is 18.8 Å². The Bertz CT molecular complexity index is 966. The number of Topliss-reactive ketones (excluding diaryl/α,β-unsaturated/α-hetero) is 1. The zero-order valence-electron chi connectivity index (χ0n) is 17.4. The first-order valence-electron chi connectivity index (χ1n) is 9.52. The molecule has 0 N–H and O–H groups in total. The molecule has 1 atom stereocenters. The van der Waals surface area contributed by atoms with Gasteiger partial charge in [0, 0.05) is 18.3 Å². The Balaban J connectivity index is 1.77. The van der Waals surface area contributed by atoms with Gasteiger partial charge < -0.3 is 14.5 Å². The van der Waals surface area contributed by atoms with Crippen molar-refractivity contribution < 1.29 is 19.1 Å². The van der Waals surface area contributed by atoms with Crippen molar-refractivity contribution in [1.82, 2.24) is 14.7 Å². The lowest BCUT2D eigenvalue weighted by Gasteiger charge is -2.39. The number of ether oxygens (including phenoxy) is 1. The minimum Gasteiger partial charge on any atom is -0.495 e. The average molecular weight is 398 g/mol. The maximum atomic E-state index is 12.9. The summed E-state index contributed by atoms with van der Waals surface area (Å²) in [6.07, 6.45) is 0. The van der Waals surface area contributed by atoms with E-state index in [9.17, 15) is 14.4 Å². The molecule has 1 aromatic carbocycles. The molecule has 29 heavy (non-hydrogen) atoms. The smallest absolute Gasteiger partial charge is 0.246 e. The van der Waals surface area contributed by atoms with Crippen molar-refractivity contribution in [2.75, 3.05) is 25.1 Å². The summed E-state index contributed by atoms with van der Waals surface area (Å²) in [4.78, 5) is 40.7. The summed E-state index contributed by atoms with van der Waals surface area (Å²) in [5.41, 5.74) is 2.51. The van der Waals surface area contributed by atoms with E-state index < -0.39 is 0 Å². The Labute approximate surface area is 170 Å². The number of nitrogens with zero attached hydrogens (tertiary/aromatic N) is 4. The van der Waals surface area contributed by atoms with Gasteiger partial charge in [0.05, 0.1) is 24.1 Å². The maximum absolute atomic E-state index is 12.9. The number of aryl methyl sites for hydroxylation is 1. The van der Waals surface area contributed by atoms with Crippen LogP contribution in [0.5, 0.6) is 5.75 Å². The average Bonchev–Trinajstić information content (AvgIpc) is 2.96. The molecule has 8 heteroatoms. The quantitative estimate of drug-likeness (QED) is 0.719. The predicted molar refractivity (Wildman–Crippen MR) is 108 cm³/mol. The van der Waals surface area contributed by atoms with Crippen LogP contribution in [0.4, 0.5) is 5.69 Å². The highest BCUT2D eigenvalue weighted by Crippen LogP contribution is 2.30. The summed E-state index contributed by atoms with van der Waals surface area (Å²) in [6, 6.07) is 7.16. The molecule has 0 radical (unpaired) electrons. The van der Waals surface area contributed by atoms with Crippen LogP contribution in [0.1, 0.15) is 35.6 Å². The summed E-state index contributed by atoms with van der Waals surface area (Å²) in [7, 11) is 1.57. The van der Waals surface area contributed by atoms with Crippen molar-refractivity contribution in [3.05, 3.63) is 41.2 Å². The van der Waals surface area contributed by atoms with Crippen LogP contribution >= 0.6 is 0 Å². The number of rotatable bonds is 5. The zero-order valence-corrected chi connectivity index (χ0v) is 17.4. The van der Waals surface area contributed by atoms with Gasteiger partial charge in [-0.3, -0.25) is 19.1 Å². The van der Waals surface area contributed by atoms with E-state index in [1.165, 1.54) is 11.6 Å². The summed E-state index contributed by atoms with van der Waals surface area (Å²) in [6.45, 7) is 7.28. The molecule has 0 spiro atoms. The Morgan fingerprint density at radius 2 is 1.93 bits per heavy atom. The molecule has 1 aliphatic heterocycles. The molecule has 0 saturated carbocycles. The van der Waals surface area contributed by atoms with Crippen LogP contribution in [0, 0.1) is 13.8 Å². The van der Waals surface area contributed by atoms with Crippen LogP contribution in [-0.2, 0) is 16.1 Å². The monoisotopic (exact) mass is 398 g/mol. The Hall–Kier alpha value is -3.16. The topological polar surface area (TPSA) is 84.7 Å². The van der Waals surface area contributed by atoms with Crippen LogP contribution < -0.4 is 9.64 Å². The first-order chi connectivity index (χ1) is 13.7. The minimum absolute atomic E-state index is 0.00771. The van der Waals surface area contributed by atoms with Gasteiger partial charge in [-0.1, -0.05) is 12.1 Å². The summed E-state index contributed by atoms with van der Waals surface area (Å²) in [5.74, 6) is 0.171. The lowest BCUT2D eigenvalue weighted by Crippen LogP contribution is -2.57. The Morgan fingerprint density at radius 3 is 2.55 bits per heavy atom. The zero-order chi connectivity index (χ0) is 21.3. The highest BCUT2D eigenvalue weighted by Gasteiger charge is 2.34. The van der Waals surface area contributed by atoms with Crippen LogP contribution in [0.25, 0.3) is 0 Å². The molecule has 2 aromatic rings. The SMILES string of the molecule is COc1ccccc1N1C[C@@H](C)N(C(=O)Cn2nc(C)c(C(C)=O)c2C)CC1=O. The molecule has 1 aliphatic rings. The fourth-order valence-corrected chi connectivity index (χ4v) is 3.85. The van der Waals surface area contributed by atoms with Gasteiger partial charge in [-0.2, -0.15) is 5.10 Å². The highest BCUT2D eigenvalue weighted by atomic mass is 16.5. The van der Waals surface area contributed by atoms with E-state index in [0.717, 1.165) is 0 Å². The summed E-state index contributed by atoms with van der Waals surface area (Å²) in [5, 5.41) is 4.33. The van der Waals surface area contributed by atoms with Crippen LogP contribution in [0.2, 0.25) is 0 Å². The first-order valence-corrected chi connectivity index (χ1v) is 9.52. The number of para-hydroxylation sites is 2. The van der Waals surface area contributed by atoms with Crippen molar-refractivity contribution in [2.24, 2.45) is 0 Å². The molecular formula is C21H26N4O4. The fraction of sp³-hybridized carbons (Fsp3) is 0.429. The lowest BCUT2D eigenvalue weighted by molar-refractivity contribution is -0.140. The Morgan fingerprint density at radius 1 is 1.24 bits per heavy atom. The highest BCUT2D eigenvalue weighted by molar-refractivity contribution is 5.99. The van der Waals surface area contributed by atoms with Crippen molar-refractivity contribution in [1.29, 1.82) is 0 Å². The van der Waals surface area contributed by atoms with E-state index in [-0.39, 0.29) is 36.7 Å². The molecule has 154 valence electrons. The fourth-order valence-electron chi connectivity index (χ4n) is 3.85. The van der Waals surface area contributed by atoms with Crippen molar-refractivity contribution in [3.63, 3.8) is 0 Å². The van der Waals surface area contributed by atoms with E-state index in [1.54, 1.807) is 36.8 Å². The number of hydrogen-bond donors (Lipinski definition) is 0. The van der Waals surface area contributed by atoms with Gasteiger partial charge in [-0.25, -0.2) is 0 Å². The van der Waals surface area contributed by atoms with Gasteiger partial charge in [-0.05, 0) is 39.8 Å². The van der Waals surface area contributed by atoms with E-state index in [2.05, 4.69) is 5.10 Å². The molecule has 8 nitrogen and oxygen atoms in total. The number of ketones is 1. The lowest BCUT2D eigenvalue weighted by atomic mass is 10.1. The maximum Gasteiger partial charge on any atom is 0.246 e. The molecule has 2 amide bonds. The van der Waals surface area contributed by atoms with Crippen molar-refractivity contribution >= 4 is 23.3 Å². The number of amides is 2. The molecular weight excluding hydrogens is 372 g/mol. The number of benzene rings is 1. The van der Waals surface area contributed by atoms with E-state index >= 15 is 0 Å². The van der Waals surface area contributed by atoms with Crippen molar-refractivity contribution in [2.45, 2.75) is 40.3 Å². The molecule has 1 fully saturated rings. The number of hydrogen-bond acceptors (Lipinski definition) is 5. The normalized spacial score (nSPS) is 16.9. The van der Waals surface area contributed by atoms with Gasteiger partial charge in [0.2, 0.25) is 11.8 Å². The van der Waals surface area contributed by atoms with Crippen LogP contribution in [0.3, 0.4) is 0 Å². The van der Waals surface area contributed by atoms with Crippen LogP contribution in [-0.4, -0.2) is 58.5 Å². The number of carbonyl (C=O) groups excluding carboxylic acids is 3. The number of piperazine rings is 1. The second-order valence-corrected chi connectivity index (χ2v) is 7.31. The third-order valence-electron chi connectivity index (χ3n) is 5.30. The first kappa shape index (κ1) is 20.6. The molecule has 0 bridgehead atoms. The number of carbonyl (C=O) groups is 3. The second kappa shape index (κ2) is 8.06. The molecule has 0 unspecified atom stereocenters. The third-order valence-corrected chi connectivity index (χ3v) is 5.30. The van der Waals surface area contributed by atoms with E-state index in [1.807, 2.05) is 25.1 Å². The Kier molecular flexibility index (Phi) is 5.72. The number of anilines is 1. The predicted octanol–water partition coefficient (Wildman–Crippen LogP) is 1.98. The van der Waals surface area contributed by atoms with E-state index in [4.69, 9.17) is 4.74 Å². The molecule has 0 aliphatic carbocycles. The largest absolute Gasteiger partial charge is 0.495 e. The van der Waals surface area contributed by atoms with Crippen molar-refractivity contribution in [3.8, 4) is 5.75 Å². The standard InChI is InChI=1S/C21H26N4O4/c1-13-10-24(17-8-6-7-9-18(17)29-5)19(27)11-23(13)20(28)12-25-15(3)21(16(4)26)14(2)22-25/h6-9,13H,10-12H2,1-5H3/t13-/m1/s1. The van der Waals surface area contributed by atoms with E-state index in [0.29, 0.717) is 34.9 Å². The van der Waals surface area contributed by atoms with Gasteiger partial charge in [0.25, 0.3) is 0 Å².